The number of nitrogens with two attached hydrogens (primary N) is 1. The van der Waals surface area contributed by atoms with Crippen LogP contribution in [0.1, 0.15) is 38.8 Å². The summed E-state index contributed by atoms with van der Waals surface area (Å²) >= 11 is 0. The SMILES string of the molecule is C=N/C(=C\C=NC)[C@@H](Oc1ccc2c(c1)OCCC2=O)c1ccc(C(N)=O)cc1. The molecule has 0 radical (unpaired) electrons. The maximum absolute atomic E-state index is 12.0. The van der Waals surface area contributed by atoms with Crippen molar-refractivity contribution in [3.63, 3.8) is 0 Å². The van der Waals surface area contributed by atoms with E-state index in [0.717, 1.165) is 5.56 Å². The van der Waals surface area contributed by atoms with Crippen molar-refractivity contribution in [2.75, 3.05) is 13.7 Å². The summed E-state index contributed by atoms with van der Waals surface area (Å²) in [5, 5.41) is 0. The van der Waals surface area contributed by atoms with Gasteiger partial charge in [-0.1, -0.05) is 12.1 Å². The van der Waals surface area contributed by atoms with E-state index in [-0.39, 0.29) is 5.78 Å². The quantitative estimate of drug-likeness (QED) is 0.732. The van der Waals surface area contributed by atoms with Crippen molar-refractivity contribution in [1.29, 1.82) is 0 Å². The number of rotatable bonds is 7. The van der Waals surface area contributed by atoms with Crippen molar-refractivity contribution in [1.82, 2.24) is 0 Å². The van der Waals surface area contributed by atoms with Gasteiger partial charge in [0.1, 0.15) is 11.5 Å². The summed E-state index contributed by atoms with van der Waals surface area (Å²) in [5.74, 6) is 0.532. The van der Waals surface area contributed by atoms with E-state index >= 15 is 0 Å². The lowest BCUT2D eigenvalue weighted by Gasteiger charge is -2.22. The standard InChI is InChI=1S/C22H21N3O4/c1-24-11-9-18(25-2)21(14-3-5-15(6-4-14)22(23)27)29-16-7-8-17-19(26)10-12-28-20(17)13-16/h3-9,11,13,21H,2,10,12H2,1H3,(H2,23,27)/b18-9-,24-11?/t21-/m0/s1. The minimum absolute atomic E-state index is 0.0453. The summed E-state index contributed by atoms with van der Waals surface area (Å²) in [6.07, 6.45) is 3.03. The van der Waals surface area contributed by atoms with Crippen molar-refractivity contribution in [3.8, 4) is 11.5 Å². The molecule has 0 unspecified atom stereocenters. The largest absolute Gasteiger partial charge is 0.492 e. The Labute approximate surface area is 168 Å². The van der Waals surface area contributed by atoms with Crippen molar-refractivity contribution in [2.45, 2.75) is 12.5 Å². The van der Waals surface area contributed by atoms with Gasteiger partial charge in [0.2, 0.25) is 5.91 Å². The number of allylic oxidation sites excluding steroid dienone is 1. The van der Waals surface area contributed by atoms with E-state index < -0.39 is 12.0 Å². The second-order valence-corrected chi connectivity index (χ2v) is 6.32. The van der Waals surface area contributed by atoms with Gasteiger partial charge in [0.25, 0.3) is 0 Å². The van der Waals surface area contributed by atoms with Gasteiger partial charge in [0, 0.05) is 31.3 Å². The molecule has 1 heterocycles. The monoisotopic (exact) mass is 391 g/mol. The average molecular weight is 391 g/mol. The van der Waals surface area contributed by atoms with Crippen molar-refractivity contribution in [3.05, 3.63) is 70.9 Å². The topological polar surface area (TPSA) is 103 Å². The number of ether oxygens (including phenoxy) is 2. The molecule has 2 aromatic carbocycles. The van der Waals surface area contributed by atoms with Crippen molar-refractivity contribution < 1.29 is 19.1 Å². The van der Waals surface area contributed by atoms with Crippen LogP contribution in [0.5, 0.6) is 11.5 Å². The maximum Gasteiger partial charge on any atom is 0.248 e. The van der Waals surface area contributed by atoms with Crippen LogP contribution >= 0.6 is 0 Å². The number of aliphatic imine (C=N–C) groups is 2. The molecule has 0 aliphatic carbocycles. The number of nitrogens with zero attached hydrogens (tertiary/aromatic N) is 2. The Kier molecular flexibility index (Phi) is 6.19. The predicted molar refractivity (Wildman–Crippen MR) is 111 cm³/mol. The zero-order valence-electron chi connectivity index (χ0n) is 16.0. The van der Waals surface area contributed by atoms with Gasteiger partial charge in [-0.3, -0.25) is 19.6 Å². The first-order valence-electron chi connectivity index (χ1n) is 8.99. The van der Waals surface area contributed by atoms with Crippen molar-refractivity contribution >= 4 is 24.6 Å². The molecule has 0 fully saturated rings. The first kappa shape index (κ1) is 20.0. The smallest absolute Gasteiger partial charge is 0.248 e. The molecule has 0 bridgehead atoms. The summed E-state index contributed by atoms with van der Waals surface area (Å²) in [6.45, 7) is 3.97. The van der Waals surface area contributed by atoms with Gasteiger partial charge >= 0.3 is 0 Å². The molecule has 1 aliphatic rings. The molecule has 7 nitrogen and oxygen atoms in total. The molecule has 1 atom stereocenters. The summed E-state index contributed by atoms with van der Waals surface area (Å²) in [5.41, 5.74) is 7.52. The molecular formula is C22H21N3O4. The molecule has 148 valence electrons. The fourth-order valence-electron chi connectivity index (χ4n) is 2.95. The number of Topliss-reactive ketones (excluding diaryl/α,β-unsaturated/α-hetero) is 1. The molecule has 0 saturated heterocycles. The van der Waals surface area contributed by atoms with Crippen LogP contribution in [0, 0.1) is 0 Å². The van der Waals surface area contributed by atoms with E-state index in [4.69, 9.17) is 15.2 Å². The lowest BCUT2D eigenvalue weighted by atomic mass is 10.0. The van der Waals surface area contributed by atoms with Crippen LogP contribution in [0.25, 0.3) is 0 Å². The highest BCUT2D eigenvalue weighted by molar-refractivity contribution is 5.99. The summed E-state index contributed by atoms with van der Waals surface area (Å²) in [4.78, 5) is 31.4. The average Bonchev–Trinajstić information content (AvgIpc) is 2.73. The van der Waals surface area contributed by atoms with E-state index in [1.54, 1.807) is 61.8 Å². The van der Waals surface area contributed by atoms with E-state index in [2.05, 4.69) is 16.7 Å². The highest BCUT2D eigenvalue weighted by Crippen LogP contribution is 2.34. The van der Waals surface area contributed by atoms with Crippen LogP contribution in [-0.4, -0.2) is 38.3 Å². The Hall–Kier alpha value is -3.74. The van der Waals surface area contributed by atoms with E-state index in [1.165, 1.54) is 0 Å². The molecule has 1 amide bonds. The summed E-state index contributed by atoms with van der Waals surface area (Å²) in [6, 6.07) is 11.8. The van der Waals surface area contributed by atoms with Gasteiger partial charge in [0.15, 0.2) is 11.9 Å². The predicted octanol–water partition coefficient (Wildman–Crippen LogP) is 3.16. The Morgan fingerprint density at radius 1 is 1.28 bits per heavy atom. The zero-order valence-corrected chi connectivity index (χ0v) is 16.0. The number of fused-ring (bicyclic) bond motifs is 1. The van der Waals surface area contributed by atoms with Crippen LogP contribution in [0.3, 0.4) is 0 Å². The fraction of sp³-hybridized carbons (Fsp3) is 0.182. The number of ketones is 1. The number of hydrogen-bond donors (Lipinski definition) is 1. The molecule has 0 saturated carbocycles. The zero-order chi connectivity index (χ0) is 20.8. The lowest BCUT2D eigenvalue weighted by molar-refractivity contribution is 0.0932. The number of benzene rings is 2. The minimum Gasteiger partial charge on any atom is -0.492 e. The third kappa shape index (κ3) is 4.57. The third-order valence-electron chi connectivity index (χ3n) is 4.44. The van der Waals surface area contributed by atoms with Crippen LogP contribution in [0.4, 0.5) is 0 Å². The molecule has 3 rings (SSSR count). The molecule has 29 heavy (non-hydrogen) atoms. The molecule has 2 aromatic rings. The van der Waals surface area contributed by atoms with Crippen LogP contribution in [0.15, 0.2) is 64.2 Å². The Balaban J connectivity index is 1.98. The number of hydrogen-bond acceptors (Lipinski definition) is 6. The Bertz CT molecular complexity index is 994. The van der Waals surface area contributed by atoms with E-state index in [1.807, 2.05) is 0 Å². The number of primary amides is 1. The molecule has 2 N–H and O–H groups in total. The van der Waals surface area contributed by atoms with Gasteiger partial charge in [0.05, 0.1) is 17.9 Å². The second-order valence-electron chi connectivity index (χ2n) is 6.32. The fourth-order valence-corrected chi connectivity index (χ4v) is 2.95. The number of amides is 1. The highest BCUT2D eigenvalue weighted by atomic mass is 16.5. The first-order valence-corrected chi connectivity index (χ1v) is 8.99. The molecule has 7 heteroatoms. The molecule has 0 spiro atoms. The van der Waals surface area contributed by atoms with Gasteiger partial charge in [-0.25, -0.2) is 0 Å². The Morgan fingerprint density at radius 2 is 2.03 bits per heavy atom. The van der Waals surface area contributed by atoms with Gasteiger partial charge in [-0.05, 0) is 42.6 Å². The normalized spacial score (nSPS) is 14.8. The second kappa shape index (κ2) is 8.97. The van der Waals surface area contributed by atoms with E-state index in [0.29, 0.717) is 41.4 Å². The summed E-state index contributed by atoms with van der Waals surface area (Å²) in [7, 11) is 1.65. The minimum atomic E-state index is -0.621. The van der Waals surface area contributed by atoms with Crippen LogP contribution < -0.4 is 15.2 Å². The van der Waals surface area contributed by atoms with Gasteiger partial charge in [-0.15, -0.1) is 0 Å². The van der Waals surface area contributed by atoms with Crippen molar-refractivity contribution in [2.24, 2.45) is 15.7 Å². The Morgan fingerprint density at radius 3 is 2.69 bits per heavy atom. The van der Waals surface area contributed by atoms with Crippen LogP contribution in [-0.2, 0) is 0 Å². The van der Waals surface area contributed by atoms with Crippen LogP contribution in [0.2, 0.25) is 0 Å². The first-order chi connectivity index (χ1) is 14.0. The van der Waals surface area contributed by atoms with Gasteiger partial charge < -0.3 is 15.2 Å². The summed E-state index contributed by atoms with van der Waals surface area (Å²) < 4.78 is 11.8. The molecular weight excluding hydrogens is 370 g/mol. The number of carbonyl (C=O) groups is 2. The maximum atomic E-state index is 12.0. The van der Waals surface area contributed by atoms with Gasteiger partial charge in [-0.2, -0.15) is 0 Å². The number of carbonyl (C=O) groups excluding carboxylic acids is 2. The molecule has 0 aromatic heterocycles. The third-order valence-corrected chi connectivity index (χ3v) is 4.44. The molecule has 1 aliphatic heterocycles. The lowest BCUT2D eigenvalue weighted by Crippen LogP contribution is -2.16. The highest BCUT2D eigenvalue weighted by Gasteiger charge is 2.22. The van der Waals surface area contributed by atoms with E-state index in [9.17, 15) is 9.59 Å².